The molecule has 3 rings (SSSR count). The molecule has 1 aliphatic rings. The van der Waals surface area contributed by atoms with Crippen LogP contribution in [0.5, 0.6) is 0 Å². The highest BCUT2D eigenvalue weighted by Crippen LogP contribution is 2.32. The molecule has 0 unspecified atom stereocenters. The second kappa shape index (κ2) is 9.41. The number of β-amino-alcohol motifs (C(OH)–C–C–N with tert-alkyl or cyclic N) is 1. The van der Waals surface area contributed by atoms with Gasteiger partial charge in [0.1, 0.15) is 23.6 Å². The smallest absolute Gasteiger partial charge is 0.419 e. The zero-order valence-corrected chi connectivity index (χ0v) is 19.5. The molecule has 2 amide bonds. The van der Waals surface area contributed by atoms with E-state index in [4.69, 9.17) is 4.74 Å². The molecule has 1 saturated heterocycles. The number of hydrogen-bond donors (Lipinski definition) is 3. The minimum absolute atomic E-state index is 0.0241. The van der Waals surface area contributed by atoms with Crippen LogP contribution < -0.4 is 10.6 Å². The van der Waals surface area contributed by atoms with E-state index in [1.807, 2.05) is 0 Å². The van der Waals surface area contributed by atoms with E-state index >= 15 is 0 Å². The van der Waals surface area contributed by atoms with E-state index < -0.39 is 41.5 Å². The van der Waals surface area contributed by atoms with Gasteiger partial charge in [-0.05, 0) is 84.6 Å². The van der Waals surface area contributed by atoms with E-state index in [1.165, 1.54) is 16.7 Å². The van der Waals surface area contributed by atoms with Crippen LogP contribution in [0.25, 0.3) is 11.3 Å². The van der Waals surface area contributed by atoms with Gasteiger partial charge in [0, 0.05) is 13.0 Å². The van der Waals surface area contributed by atoms with E-state index in [0.717, 1.165) is 0 Å². The molecule has 0 saturated carbocycles. The highest BCUT2D eigenvalue weighted by Gasteiger charge is 2.34. The first-order chi connectivity index (χ1) is 15.0. The van der Waals surface area contributed by atoms with Crippen molar-refractivity contribution >= 4 is 33.8 Å². The summed E-state index contributed by atoms with van der Waals surface area (Å²) in [5.74, 6) is -1.24. The van der Waals surface area contributed by atoms with Crippen LogP contribution in [0.15, 0.2) is 34.9 Å². The van der Waals surface area contributed by atoms with Gasteiger partial charge in [-0.2, -0.15) is 0 Å². The van der Waals surface area contributed by atoms with E-state index in [-0.39, 0.29) is 19.4 Å². The summed E-state index contributed by atoms with van der Waals surface area (Å²) in [7, 11) is 0. The van der Waals surface area contributed by atoms with Crippen LogP contribution >= 0.6 is 15.9 Å². The molecule has 1 aromatic carbocycles. The standard InChI is InChI=1S/C22H25BrFN3O5/c1-22(2,3)32-21(31)27-15(12-4-7-14(24)8-5-12)10-13(19(27)23)6-9-17(29)26-18-16(28)11-25-20(18)30/h4-5,7-8,10,16,18,28H,6,9,11H2,1-3H3,(H,25,30)(H,26,29)/t16-,18+/m1/s1. The lowest BCUT2D eigenvalue weighted by molar-refractivity contribution is -0.128. The molecule has 10 heteroatoms. The lowest BCUT2D eigenvalue weighted by Gasteiger charge is -2.21. The van der Waals surface area contributed by atoms with Gasteiger partial charge in [0.05, 0.1) is 10.3 Å². The Hall–Kier alpha value is -2.72. The number of aliphatic hydroxyl groups is 1. The SMILES string of the molecule is CC(C)(C)OC(=O)n1c(-c2ccc(F)cc2)cc(CCC(=O)N[C@@H]2C(=O)NC[C@H]2O)c1Br. The van der Waals surface area contributed by atoms with Crippen molar-refractivity contribution in [3.63, 3.8) is 0 Å². The lowest BCUT2D eigenvalue weighted by Crippen LogP contribution is -2.45. The molecule has 8 nitrogen and oxygen atoms in total. The molecule has 2 atom stereocenters. The highest BCUT2D eigenvalue weighted by atomic mass is 79.9. The number of aryl methyl sites for hydroxylation is 1. The first-order valence-corrected chi connectivity index (χ1v) is 10.9. The molecule has 1 fully saturated rings. The molecule has 0 aliphatic carbocycles. The van der Waals surface area contributed by atoms with Crippen LogP contribution in [-0.2, 0) is 20.7 Å². The van der Waals surface area contributed by atoms with Crippen LogP contribution in [-0.4, -0.2) is 51.9 Å². The summed E-state index contributed by atoms with van der Waals surface area (Å²) in [6, 6.07) is 6.43. The van der Waals surface area contributed by atoms with Crippen molar-refractivity contribution in [1.82, 2.24) is 15.2 Å². The van der Waals surface area contributed by atoms with Crippen molar-refractivity contribution in [2.24, 2.45) is 0 Å². The van der Waals surface area contributed by atoms with Crippen molar-refractivity contribution in [1.29, 1.82) is 0 Å². The van der Waals surface area contributed by atoms with E-state index in [9.17, 15) is 23.9 Å². The zero-order valence-electron chi connectivity index (χ0n) is 17.9. The van der Waals surface area contributed by atoms with Crippen LogP contribution in [0.3, 0.4) is 0 Å². The van der Waals surface area contributed by atoms with Crippen molar-refractivity contribution in [2.75, 3.05) is 6.54 Å². The average molecular weight is 510 g/mol. The van der Waals surface area contributed by atoms with Crippen molar-refractivity contribution in [3.8, 4) is 11.3 Å². The quantitative estimate of drug-likeness (QED) is 0.573. The summed E-state index contributed by atoms with van der Waals surface area (Å²) >= 11 is 3.43. The number of rotatable bonds is 5. The Labute approximate surface area is 193 Å². The van der Waals surface area contributed by atoms with Gasteiger partial charge < -0.3 is 20.5 Å². The zero-order chi connectivity index (χ0) is 23.6. The maximum atomic E-state index is 13.4. The minimum Gasteiger partial charge on any atom is -0.443 e. The number of amides is 2. The number of aromatic nitrogens is 1. The number of halogens is 2. The number of nitrogens with zero attached hydrogens (tertiary/aromatic N) is 1. The number of nitrogens with one attached hydrogen (secondary N) is 2. The molecular weight excluding hydrogens is 485 g/mol. The Morgan fingerprint density at radius 2 is 1.97 bits per heavy atom. The Bertz CT molecular complexity index is 1030. The fourth-order valence-electron chi connectivity index (χ4n) is 3.30. The molecule has 172 valence electrons. The first kappa shape index (κ1) is 23.9. The number of carbonyl (C=O) groups is 3. The van der Waals surface area contributed by atoms with Crippen molar-refractivity contribution < 1.29 is 28.6 Å². The Kier molecular flexibility index (Phi) is 7.04. The van der Waals surface area contributed by atoms with Crippen LogP contribution in [0, 0.1) is 5.82 Å². The summed E-state index contributed by atoms with van der Waals surface area (Å²) in [6.45, 7) is 5.34. The number of ether oxygens (including phenoxy) is 1. The lowest BCUT2D eigenvalue weighted by atomic mass is 10.1. The third-order valence-corrected chi connectivity index (χ3v) is 5.68. The monoisotopic (exact) mass is 509 g/mol. The molecule has 3 N–H and O–H groups in total. The van der Waals surface area contributed by atoms with Gasteiger partial charge in [0.15, 0.2) is 0 Å². The number of benzene rings is 1. The van der Waals surface area contributed by atoms with Gasteiger partial charge in [-0.25, -0.2) is 13.8 Å². The van der Waals surface area contributed by atoms with E-state index in [0.29, 0.717) is 21.4 Å². The third kappa shape index (κ3) is 5.55. The van der Waals surface area contributed by atoms with Gasteiger partial charge in [0.2, 0.25) is 11.8 Å². The largest absolute Gasteiger partial charge is 0.443 e. The summed E-state index contributed by atoms with van der Waals surface area (Å²) < 4.78 is 20.7. The summed E-state index contributed by atoms with van der Waals surface area (Å²) in [5, 5.41) is 14.8. The maximum Gasteiger partial charge on any atom is 0.419 e. The first-order valence-electron chi connectivity index (χ1n) is 10.1. The van der Waals surface area contributed by atoms with E-state index in [1.54, 1.807) is 39.0 Å². The van der Waals surface area contributed by atoms with Crippen LogP contribution in [0.2, 0.25) is 0 Å². The van der Waals surface area contributed by atoms with E-state index in [2.05, 4.69) is 26.6 Å². The molecule has 32 heavy (non-hydrogen) atoms. The average Bonchev–Trinajstić information content (AvgIpc) is 3.19. The maximum absolute atomic E-state index is 13.4. The third-order valence-electron chi connectivity index (χ3n) is 4.82. The Morgan fingerprint density at radius 3 is 2.53 bits per heavy atom. The summed E-state index contributed by atoms with van der Waals surface area (Å²) in [5.41, 5.74) is 0.997. The van der Waals surface area contributed by atoms with Gasteiger partial charge in [0.25, 0.3) is 0 Å². The molecule has 0 radical (unpaired) electrons. The second-order valence-corrected chi connectivity index (χ2v) is 9.28. The molecule has 2 aromatic rings. The fourth-order valence-corrected chi connectivity index (χ4v) is 3.94. The van der Waals surface area contributed by atoms with Crippen molar-refractivity contribution in [3.05, 3.63) is 46.3 Å². The minimum atomic E-state index is -0.980. The molecular formula is C22H25BrFN3O5. The topological polar surface area (TPSA) is 110 Å². The number of aliphatic hydroxyl groups excluding tert-OH is 1. The predicted molar refractivity (Wildman–Crippen MR) is 118 cm³/mol. The molecule has 1 aromatic heterocycles. The van der Waals surface area contributed by atoms with Gasteiger partial charge in [-0.3, -0.25) is 9.59 Å². The molecule has 1 aliphatic heterocycles. The number of carbonyl (C=O) groups excluding carboxylic acids is 3. The van der Waals surface area contributed by atoms with Gasteiger partial charge in [-0.1, -0.05) is 0 Å². The summed E-state index contributed by atoms with van der Waals surface area (Å²) in [4.78, 5) is 36.9. The molecule has 2 heterocycles. The summed E-state index contributed by atoms with van der Waals surface area (Å²) in [6.07, 6.45) is -1.32. The predicted octanol–water partition coefficient (Wildman–Crippen LogP) is 2.75. The van der Waals surface area contributed by atoms with Crippen LogP contribution in [0.4, 0.5) is 9.18 Å². The Morgan fingerprint density at radius 1 is 1.31 bits per heavy atom. The van der Waals surface area contributed by atoms with Gasteiger partial charge in [-0.15, -0.1) is 0 Å². The molecule has 0 spiro atoms. The number of hydrogen-bond acceptors (Lipinski definition) is 5. The van der Waals surface area contributed by atoms with Crippen molar-refractivity contribution in [2.45, 2.75) is 51.4 Å². The molecule has 0 bridgehead atoms. The fraction of sp³-hybridized carbons (Fsp3) is 0.409. The normalized spacial score (nSPS) is 18.4. The van der Waals surface area contributed by atoms with Gasteiger partial charge >= 0.3 is 6.09 Å². The second-order valence-electron chi connectivity index (χ2n) is 8.53. The van der Waals surface area contributed by atoms with Crippen LogP contribution in [0.1, 0.15) is 32.8 Å². The highest BCUT2D eigenvalue weighted by molar-refractivity contribution is 9.10. The Balaban J connectivity index is 1.83.